The number of nitrogens with two attached hydrogens (primary N) is 2. The predicted molar refractivity (Wildman–Crippen MR) is 131 cm³/mol. The Bertz CT molecular complexity index is 1280. The van der Waals surface area contributed by atoms with Crippen LogP contribution in [-0.2, 0) is 12.8 Å². The fraction of sp³-hybridized carbons (Fsp3) is 0.308. The third-order valence-corrected chi connectivity index (χ3v) is 5.49. The molecule has 0 fully saturated rings. The van der Waals surface area contributed by atoms with E-state index in [4.69, 9.17) is 25.7 Å². The zero-order valence-corrected chi connectivity index (χ0v) is 18.7. The van der Waals surface area contributed by atoms with Crippen LogP contribution in [0.25, 0.3) is 21.9 Å². The highest BCUT2D eigenvalue weighted by molar-refractivity contribution is 6.00. The van der Waals surface area contributed by atoms with Crippen molar-refractivity contribution in [2.45, 2.75) is 52.0 Å². The van der Waals surface area contributed by atoms with Crippen LogP contribution in [0.4, 0.5) is 0 Å². The smallest absolute Gasteiger partial charge is 0.135 e. The molecule has 0 saturated carbocycles. The minimum Gasteiger partial charge on any atom is -0.461 e. The van der Waals surface area contributed by atoms with E-state index in [-0.39, 0.29) is 11.9 Å². The number of aryl methyl sites for hydroxylation is 2. The molecule has 0 aliphatic carbocycles. The normalized spacial score (nSPS) is 12.3. The Hall–Kier alpha value is -3.54. The molecule has 6 nitrogen and oxygen atoms in total. The molecule has 32 heavy (non-hydrogen) atoms. The van der Waals surface area contributed by atoms with Gasteiger partial charge in [-0.05, 0) is 51.0 Å². The van der Waals surface area contributed by atoms with Gasteiger partial charge in [-0.3, -0.25) is 10.4 Å². The van der Waals surface area contributed by atoms with Gasteiger partial charge in [0.2, 0.25) is 0 Å². The molecule has 2 heterocycles. The second-order valence-electron chi connectivity index (χ2n) is 8.51. The highest BCUT2D eigenvalue weighted by Crippen LogP contribution is 2.24. The topological polar surface area (TPSA) is 115 Å². The van der Waals surface area contributed by atoms with Crippen LogP contribution in [0.15, 0.2) is 62.4 Å². The average molecular weight is 431 g/mol. The number of benzene rings is 2. The highest BCUT2D eigenvalue weighted by atomic mass is 16.3. The molecular weight excluding hydrogens is 400 g/mol. The molecule has 0 radical (unpaired) electrons. The monoisotopic (exact) mass is 430 g/mol. The Morgan fingerprint density at radius 1 is 0.812 bits per heavy atom. The van der Waals surface area contributed by atoms with Crippen LogP contribution < -0.4 is 11.5 Å². The number of amidine groups is 2. The first-order valence-electron chi connectivity index (χ1n) is 11.1. The third kappa shape index (κ3) is 5.02. The molecule has 0 spiro atoms. The van der Waals surface area contributed by atoms with E-state index in [9.17, 15) is 0 Å². The van der Waals surface area contributed by atoms with Crippen molar-refractivity contribution >= 4 is 33.6 Å². The maximum Gasteiger partial charge on any atom is 0.135 e. The molecule has 166 valence electrons. The maximum absolute atomic E-state index is 7.55. The third-order valence-electron chi connectivity index (χ3n) is 5.49. The Kier molecular flexibility index (Phi) is 6.30. The van der Waals surface area contributed by atoms with Gasteiger partial charge in [0.1, 0.15) is 34.4 Å². The SMILES string of the molecule is CC(C)N=C(N)c1ccc2cc(CCCCCc3cc4ccc(C(=N)N)cc4o3)oc2c1. The van der Waals surface area contributed by atoms with Crippen LogP contribution in [0.1, 0.15) is 55.8 Å². The molecule has 0 aliphatic heterocycles. The summed E-state index contributed by atoms with van der Waals surface area (Å²) in [7, 11) is 0. The quantitative estimate of drug-likeness (QED) is 0.184. The number of aliphatic imine (C=N–C) groups is 1. The first-order valence-corrected chi connectivity index (χ1v) is 11.1. The number of hydrogen-bond acceptors (Lipinski definition) is 4. The van der Waals surface area contributed by atoms with E-state index in [1.807, 2.05) is 50.2 Å². The lowest BCUT2D eigenvalue weighted by Crippen LogP contribution is -2.15. The second-order valence-corrected chi connectivity index (χ2v) is 8.51. The summed E-state index contributed by atoms with van der Waals surface area (Å²) in [4.78, 5) is 4.41. The van der Waals surface area contributed by atoms with Gasteiger partial charge in [-0.25, -0.2) is 0 Å². The standard InChI is InChI=1S/C26H30N4O2/c1-16(2)30-26(29)20-11-9-18-13-22(32-24(18)15-20)7-5-3-4-6-21-12-17-8-10-19(25(27)28)14-23(17)31-21/h8-16H,3-7H2,1-2H3,(H3,27,28)(H2,29,30). The van der Waals surface area contributed by atoms with Crippen LogP contribution in [0.3, 0.4) is 0 Å². The van der Waals surface area contributed by atoms with Gasteiger partial charge in [0.25, 0.3) is 0 Å². The zero-order valence-electron chi connectivity index (χ0n) is 18.7. The molecule has 0 aliphatic rings. The second kappa shape index (κ2) is 9.30. The molecule has 0 bridgehead atoms. The van der Waals surface area contributed by atoms with Gasteiger partial charge in [-0.15, -0.1) is 0 Å². The Balaban J connectivity index is 1.30. The summed E-state index contributed by atoms with van der Waals surface area (Å²) in [6.07, 6.45) is 4.99. The molecule has 0 saturated heterocycles. The van der Waals surface area contributed by atoms with Crippen LogP contribution in [0, 0.1) is 5.41 Å². The first kappa shape index (κ1) is 21.7. The number of nitrogens with one attached hydrogen (secondary N) is 1. The van der Waals surface area contributed by atoms with Crippen LogP contribution in [-0.4, -0.2) is 17.7 Å². The number of fused-ring (bicyclic) bond motifs is 2. The van der Waals surface area contributed by atoms with Gasteiger partial charge in [0.15, 0.2) is 0 Å². The van der Waals surface area contributed by atoms with Crippen molar-refractivity contribution in [3.63, 3.8) is 0 Å². The summed E-state index contributed by atoms with van der Waals surface area (Å²) in [5.74, 6) is 2.57. The summed E-state index contributed by atoms with van der Waals surface area (Å²) in [6, 6.07) is 16.0. The van der Waals surface area contributed by atoms with Crippen molar-refractivity contribution in [1.29, 1.82) is 5.41 Å². The summed E-state index contributed by atoms with van der Waals surface area (Å²) in [5, 5.41) is 9.69. The Labute approximate surface area is 187 Å². The van der Waals surface area contributed by atoms with E-state index >= 15 is 0 Å². The van der Waals surface area contributed by atoms with Crippen LogP contribution in [0.5, 0.6) is 0 Å². The van der Waals surface area contributed by atoms with Crippen molar-refractivity contribution in [1.82, 2.24) is 0 Å². The van der Waals surface area contributed by atoms with Gasteiger partial charge >= 0.3 is 0 Å². The van der Waals surface area contributed by atoms with Crippen LogP contribution in [0.2, 0.25) is 0 Å². The Morgan fingerprint density at radius 2 is 1.34 bits per heavy atom. The van der Waals surface area contributed by atoms with Gasteiger partial charge in [-0.2, -0.15) is 0 Å². The van der Waals surface area contributed by atoms with Gasteiger partial charge in [0.05, 0.1) is 0 Å². The summed E-state index contributed by atoms with van der Waals surface area (Å²) in [6.45, 7) is 4.02. The van der Waals surface area contributed by atoms with Crippen molar-refractivity contribution in [2.24, 2.45) is 16.5 Å². The first-order chi connectivity index (χ1) is 15.4. The predicted octanol–water partition coefficient (Wildman–Crippen LogP) is 5.53. The Morgan fingerprint density at radius 3 is 1.88 bits per heavy atom. The number of rotatable bonds is 9. The van der Waals surface area contributed by atoms with E-state index in [0.717, 1.165) is 71.1 Å². The van der Waals surface area contributed by atoms with Crippen molar-refractivity contribution in [2.75, 3.05) is 0 Å². The number of furan rings is 2. The molecule has 0 atom stereocenters. The fourth-order valence-electron chi connectivity index (χ4n) is 3.87. The molecule has 0 unspecified atom stereocenters. The summed E-state index contributed by atoms with van der Waals surface area (Å²) < 4.78 is 12.0. The lowest BCUT2D eigenvalue weighted by Gasteiger charge is -2.03. The number of hydrogen-bond donors (Lipinski definition) is 3. The van der Waals surface area contributed by atoms with Crippen LogP contribution >= 0.6 is 0 Å². The van der Waals surface area contributed by atoms with Crippen molar-refractivity contribution < 1.29 is 8.83 Å². The molecule has 4 aromatic rings. The summed E-state index contributed by atoms with van der Waals surface area (Å²) in [5.41, 5.74) is 14.9. The highest BCUT2D eigenvalue weighted by Gasteiger charge is 2.09. The van der Waals surface area contributed by atoms with Gasteiger partial charge < -0.3 is 20.3 Å². The van der Waals surface area contributed by atoms with Crippen molar-refractivity contribution in [3.8, 4) is 0 Å². The molecular formula is C26H30N4O2. The number of nitrogen functional groups attached to an aromatic ring is 1. The van der Waals surface area contributed by atoms with E-state index < -0.39 is 0 Å². The molecule has 6 heteroatoms. The minimum atomic E-state index is 0.0545. The lowest BCUT2D eigenvalue weighted by atomic mass is 10.1. The zero-order chi connectivity index (χ0) is 22.7. The van der Waals surface area contributed by atoms with E-state index in [1.54, 1.807) is 0 Å². The minimum absolute atomic E-state index is 0.0545. The number of nitrogens with zero attached hydrogens (tertiary/aromatic N) is 1. The molecule has 4 rings (SSSR count). The van der Waals surface area contributed by atoms with Crippen molar-refractivity contribution in [3.05, 3.63) is 71.2 Å². The molecule has 0 amide bonds. The maximum atomic E-state index is 7.55. The lowest BCUT2D eigenvalue weighted by molar-refractivity contribution is 0.509. The molecule has 2 aromatic heterocycles. The van der Waals surface area contributed by atoms with E-state index in [1.165, 1.54) is 0 Å². The number of unbranched alkanes of at least 4 members (excludes halogenated alkanes) is 2. The molecule has 5 N–H and O–H groups in total. The van der Waals surface area contributed by atoms with E-state index in [2.05, 4.69) is 17.1 Å². The summed E-state index contributed by atoms with van der Waals surface area (Å²) >= 11 is 0. The molecule has 2 aromatic carbocycles. The van der Waals surface area contributed by atoms with Gasteiger partial charge in [-0.1, -0.05) is 30.7 Å². The largest absolute Gasteiger partial charge is 0.461 e. The average Bonchev–Trinajstić information content (AvgIpc) is 3.34. The van der Waals surface area contributed by atoms with Gasteiger partial charge in [0, 0.05) is 40.8 Å². The van der Waals surface area contributed by atoms with E-state index in [0.29, 0.717) is 11.4 Å². The fourth-order valence-corrected chi connectivity index (χ4v) is 3.87.